The maximum absolute atomic E-state index is 14.1. The van der Waals surface area contributed by atoms with E-state index in [4.69, 9.17) is 21.3 Å². The van der Waals surface area contributed by atoms with Crippen molar-refractivity contribution in [1.29, 1.82) is 0 Å². The molecule has 1 saturated heterocycles. The van der Waals surface area contributed by atoms with Gasteiger partial charge in [-0.2, -0.15) is 0 Å². The summed E-state index contributed by atoms with van der Waals surface area (Å²) in [4.78, 5) is 77.1. The largest absolute Gasteiger partial charge is 0.465 e. The number of piperidine rings is 1. The summed E-state index contributed by atoms with van der Waals surface area (Å²) in [6.45, 7) is 6.65. The number of hydrogen-bond donors (Lipinski definition) is 0. The summed E-state index contributed by atoms with van der Waals surface area (Å²) in [6.07, 6.45) is 0.984. The summed E-state index contributed by atoms with van der Waals surface area (Å²) in [5.74, 6) is 5.01. The SMILES string of the molecule is COC(=O)c1ccc(N(C)C(=O)C2CCN(C(=O)C[C@@H]3N=C(c4ccc(Cl)cc4)c4c(sc(C)c4C)-n4c(C)nnc43)CC2)cc1C#CCN1C(=O)c2ccccc2C1=O. The first-order chi connectivity index (χ1) is 28.9. The van der Waals surface area contributed by atoms with Crippen molar-refractivity contribution in [2.45, 2.75) is 46.1 Å². The van der Waals surface area contributed by atoms with Crippen LogP contribution in [0.25, 0.3) is 5.00 Å². The smallest absolute Gasteiger partial charge is 0.339 e. The maximum atomic E-state index is 14.1. The van der Waals surface area contributed by atoms with Crippen molar-refractivity contribution >= 4 is 63.9 Å². The van der Waals surface area contributed by atoms with E-state index >= 15 is 0 Å². The number of aromatic nitrogens is 3. The number of fused-ring (bicyclic) bond motifs is 4. The van der Waals surface area contributed by atoms with Gasteiger partial charge in [-0.25, -0.2) is 4.79 Å². The van der Waals surface area contributed by atoms with E-state index in [1.54, 1.807) is 59.7 Å². The third kappa shape index (κ3) is 7.28. The van der Waals surface area contributed by atoms with Crippen molar-refractivity contribution in [3.63, 3.8) is 0 Å². The molecule has 3 aliphatic heterocycles. The lowest BCUT2D eigenvalue weighted by atomic mass is 9.94. The van der Waals surface area contributed by atoms with Gasteiger partial charge >= 0.3 is 5.97 Å². The van der Waals surface area contributed by atoms with Gasteiger partial charge in [0.25, 0.3) is 11.8 Å². The van der Waals surface area contributed by atoms with Crippen LogP contribution in [0.3, 0.4) is 0 Å². The zero-order chi connectivity index (χ0) is 42.4. The number of likely N-dealkylation sites (tertiary alicyclic amines) is 1. The van der Waals surface area contributed by atoms with Crippen LogP contribution in [0, 0.1) is 38.5 Å². The molecule has 0 unspecified atom stereocenters. The van der Waals surface area contributed by atoms with Crippen molar-refractivity contribution < 1.29 is 28.7 Å². The van der Waals surface area contributed by atoms with Crippen molar-refractivity contribution in [2.24, 2.45) is 10.9 Å². The highest BCUT2D eigenvalue weighted by atomic mass is 35.5. The Morgan fingerprint density at radius 1 is 0.950 bits per heavy atom. The average Bonchev–Trinajstić information content (AvgIpc) is 3.83. The molecular formula is C45H40ClN7O6S. The molecule has 8 rings (SSSR count). The number of benzene rings is 3. The van der Waals surface area contributed by atoms with Gasteiger partial charge in [0.05, 0.1) is 42.5 Å². The van der Waals surface area contributed by atoms with E-state index in [-0.39, 0.29) is 41.8 Å². The fourth-order valence-electron chi connectivity index (χ4n) is 7.93. The molecule has 1 atom stereocenters. The minimum absolute atomic E-state index is 0.0735. The van der Waals surface area contributed by atoms with E-state index in [9.17, 15) is 24.0 Å². The second-order valence-corrected chi connectivity index (χ2v) is 16.6. The molecular weight excluding hydrogens is 802 g/mol. The molecule has 4 amide bonds. The molecule has 3 aromatic carbocycles. The molecule has 1 fully saturated rings. The van der Waals surface area contributed by atoms with Crippen molar-refractivity contribution in [3.05, 3.63) is 127 Å². The summed E-state index contributed by atoms with van der Waals surface area (Å²) in [6, 6.07) is 18.3. The number of halogens is 1. The monoisotopic (exact) mass is 841 g/mol. The van der Waals surface area contributed by atoms with E-state index in [2.05, 4.69) is 35.9 Å². The first-order valence-corrected chi connectivity index (χ1v) is 20.6. The van der Waals surface area contributed by atoms with E-state index < -0.39 is 23.8 Å². The highest BCUT2D eigenvalue weighted by Crippen LogP contribution is 2.40. The van der Waals surface area contributed by atoms with Crippen LogP contribution in [-0.4, -0.2) is 93.7 Å². The molecule has 5 heterocycles. The Hall–Kier alpha value is -6.43. The molecule has 0 bridgehead atoms. The lowest BCUT2D eigenvalue weighted by molar-refractivity contribution is -0.135. The van der Waals surface area contributed by atoms with Gasteiger partial charge in [-0.3, -0.25) is 33.6 Å². The van der Waals surface area contributed by atoms with Gasteiger partial charge in [-0.15, -0.1) is 21.5 Å². The molecule has 15 heteroatoms. The number of aliphatic imine (C=N–C) groups is 1. The number of carbonyl (C=O) groups is 5. The number of aryl methyl sites for hydroxylation is 2. The molecule has 0 radical (unpaired) electrons. The number of esters is 1. The van der Waals surface area contributed by atoms with Gasteiger partial charge in [0.15, 0.2) is 5.82 Å². The summed E-state index contributed by atoms with van der Waals surface area (Å²) >= 11 is 7.91. The van der Waals surface area contributed by atoms with E-state index in [1.807, 2.05) is 35.8 Å². The number of methoxy groups -OCH3 is 1. The Kier molecular flexibility index (Phi) is 11.0. The number of carbonyl (C=O) groups excluding carboxylic acids is 5. The van der Waals surface area contributed by atoms with Crippen molar-refractivity contribution in [1.82, 2.24) is 24.6 Å². The van der Waals surface area contributed by atoms with Gasteiger partial charge in [0.2, 0.25) is 11.8 Å². The molecule has 60 heavy (non-hydrogen) atoms. The summed E-state index contributed by atoms with van der Waals surface area (Å²) in [7, 11) is 2.92. The molecule has 0 aliphatic carbocycles. The maximum Gasteiger partial charge on any atom is 0.339 e. The van der Waals surface area contributed by atoms with Gasteiger partial charge in [-0.1, -0.05) is 47.7 Å². The Bertz CT molecular complexity index is 2670. The highest BCUT2D eigenvalue weighted by Gasteiger charge is 2.36. The van der Waals surface area contributed by atoms with Crippen molar-refractivity contribution in [3.8, 4) is 16.8 Å². The van der Waals surface area contributed by atoms with Crippen LogP contribution in [0.2, 0.25) is 5.02 Å². The van der Waals surface area contributed by atoms with Gasteiger partial charge in [-0.05, 0) is 81.6 Å². The van der Waals surface area contributed by atoms with Crippen molar-refractivity contribution in [2.75, 3.05) is 38.7 Å². The van der Waals surface area contributed by atoms with Gasteiger partial charge in [0.1, 0.15) is 16.9 Å². The van der Waals surface area contributed by atoms with Crippen LogP contribution < -0.4 is 4.90 Å². The highest BCUT2D eigenvalue weighted by molar-refractivity contribution is 7.15. The van der Waals surface area contributed by atoms with Gasteiger partial charge < -0.3 is 14.5 Å². The van der Waals surface area contributed by atoms with Crippen LogP contribution in [0.15, 0.2) is 71.7 Å². The van der Waals surface area contributed by atoms with Crippen LogP contribution in [0.1, 0.15) is 95.2 Å². The summed E-state index contributed by atoms with van der Waals surface area (Å²) in [5, 5.41) is 10.5. The lowest BCUT2D eigenvalue weighted by Gasteiger charge is -2.33. The standard InChI is InChI=1S/C45H40ClN7O6S/c1-25-26(2)60-44-38(25)39(28-12-14-31(46)15-13-28)47-36(40-49-48-27(3)53(40)44)24-37(54)51-21-18-29(19-22-51)41(55)50(4)32-16-17-33(45(58)59-5)30(23-32)9-8-20-52-42(56)34-10-6-7-11-35(34)43(52)57/h6-7,10-17,23,29,36H,18-22,24H2,1-5H3/t36-/m0/s1. The number of rotatable bonds is 7. The minimum Gasteiger partial charge on any atom is -0.465 e. The molecule has 3 aliphatic rings. The fourth-order valence-corrected chi connectivity index (χ4v) is 9.27. The Morgan fingerprint density at radius 3 is 2.30 bits per heavy atom. The third-order valence-corrected chi connectivity index (χ3v) is 12.8. The van der Waals surface area contributed by atoms with Crippen LogP contribution in [0.5, 0.6) is 0 Å². The zero-order valence-electron chi connectivity index (χ0n) is 33.6. The average molecular weight is 842 g/mol. The van der Waals surface area contributed by atoms with E-state index in [0.29, 0.717) is 59.4 Å². The number of amides is 4. The lowest BCUT2D eigenvalue weighted by Crippen LogP contribution is -2.44. The number of imide groups is 1. The second-order valence-electron chi connectivity index (χ2n) is 14.9. The normalized spacial score (nSPS) is 16.0. The van der Waals surface area contributed by atoms with E-state index in [0.717, 1.165) is 37.2 Å². The number of nitrogens with zero attached hydrogens (tertiary/aromatic N) is 7. The first-order valence-electron chi connectivity index (χ1n) is 19.4. The molecule has 0 saturated carbocycles. The minimum atomic E-state index is -0.620. The quantitative estimate of drug-likeness (QED) is 0.102. The summed E-state index contributed by atoms with van der Waals surface area (Å²) < 4.78 is 6.99. The Balaban J connectivity index is 0.964. The first kappa shape index (κ1) is 40.4. The van der Waals surface area contributed by atoms with Crippen LogP contribution in [0.4, 0.5) is 5.69 Å². The number of thiophene rings is 1. The van der Waals surface area contributed by atoms with Gasteiger partial charge in [0, 0.05) is 58.3 Å². The molecule has 304 valence electrons. The molecule has 13 nitrogen and oxygen atoms in total. The predicted molar refractivity (Wildman–Crippen MR) is 227 cm³/mol. The zero-order valence-corrected chi connectivity index (χ0v) is 35.2. The molecule has 0 spiro atoms. The predicted octanol–water partition coefficient (Wildman–Crippen LogP) is 6.53. The number of hydrogen-bond acceptors (Lipinski definition) is 10. The summed E-state index contributed by atoms with van der Waals surface area (Å²) in [5.41, 5.74) is 5.35. The van der Waals surface area contributed by atoms with Crippen LogP contribution in [-0.2, 0) is 14.3 Å². The Labute approximate surface area is 355 Å². The van der Waals surface area contributed by atoms with E-state index in [1.165, 1.54) is 18.1 Å². The number of ether oxygens (including phenoxy) is 1. The molecule has 2 aromatic heterocycles. The molecule has 5 aromatic rings. The molecule has 0 N–H and O–H groups in total. The Morgan fingerprint density at radius 2 is 1.63 bits per heavy atom. The second kappa shape index (κ2) is 16.3. The fraction of sp³-hybridized carbons (Fsp3) is 0.289. The number of anilines is 1. The topological polar surface area (TPSA) is 147 Å². The third-order valence-electron chi connectivity index (χ3n) is 11.4. The van der Waals surface area contributed by atoms with Crippen LogP contribution >= 0.6 is 22.9 Å².